The molecule has 48 heavy (non-hydrogen) atoms. The maximum atomic E-state index is 2.60. The topological polar surface area (TPSA) is 0 Å². The van der Waals surface area contributed by atoms with E-state index in [1.807, 2.05) is 0 Å². The van der Waals surface area contributed by atoms with Crippen molar-refractivity contribution in [1.82, 2.24) is 0 Å². The van der Waals surface area contributed by atoms with E-state index in [9.17, 15) is 0 Å². The molecular formula is C44H48Cl2SiZr. The summed E-state index contributed by atoms with van der Waals surface area (Å²) in [6.45, 7) is 17.1. The number of benzene rings is 4. The quantitative estimate of drug-likeness (QED) is 0.172. The Labute approximate surface area is 302 Å². The smallest absolute Gasteiger partial charge is 0.147 e. The Morgan fingerprint density at radius 1 is 0.583 bits per heavy atom. The predicted octanol–water partition coefficient (Wildman–Crippen LogP) is 12.4. The van der Waals surface area contributed by atoms with Crippen LogP contribution in [0.4, 0.5) is 0 Å². The van der Waals surface area contributed by atoms with Gasteiger partial charge >= 0.3 is 280 Å². The molecule has 0 radical (unpaired) electrons. The van der Waals surface area contributed by atoms with Gasteiger partial charge in [0.2, 0.25) is 0 Å². The number of hydrogen-bond donors (Lipinski definition) is 0. The van der Waals surface area contributed by atoms with Crippen molar-refractivity contribution in [3.63, 3.8) is 0 Å². The van der Waals surface area contributed by atoms with Crippen molar-refractivity contribution in [3.05, 3.63) is 153 Å². The van der Waals surface area contributed by atoms with E-state index in [2.05, 4.69) is 146 Å². The molecule has 246 valence electrons. The minimum atomic E-state index is -4.08. The number of fused-ring (bicyclic) bond motifs is 6. The number of rotatable bonds is 6. The molecular weight excluding hydrogens is 719 g/mol. The molecule has 4 heteroatoms. The van der Waals surface area contributed by atoms with E-state index >= 15 is 0 Å². The van der Waals surface area contributed by atoms with E-state index in [-0.39, 0.29) is 24.8 Å². The van der Waals surface area contributed by atoms with Gasteiger partial charge in [-0.15, -0.1) is 24.8 Å². The summed E-state index contributed by atoms with van der Waals surface area (Å²) >= 11 is -4.08. The standard InChI is InChI=1S/2C20H17.2C2H5.2ClH.H2Si.Zr/c2*1-13-7-9-17-16(11-13)12-19-18(17)10-8-14(2)20(19)15-5-3-4-6-15;2*1-2;;;;/h2*3-5,7-12H,6H2,1-2H3;2*1H2,2H3;2*1H;1H2;. The normalized spacial score (nSPS) is 18.4. The van der Waals surface area contributed by atoms with Gasteiger partial charge in [-0.1, -0.05) is 0 Å². The third kappa shape index (κ3) is 4.84. The van der Waals surface area contributed by atoms with Crippen LogP contribution >= 0.6 is 24.8 Å². The minimum absolute atomic E-state index is 0. The first-order chi connectivity index (χ1) is 22.2. The van der Waals surface area contributed by atoms with E-state index in [0.29, 0.717) is 7.25 Å². The summed E-state index contributed by atoms with van der Waals surface area (Å²) in [6, 6.07) is 24.6. The Kier molecular flexibility index (Phi) is 9.34. The average molecular weight is 767 g/mol. The molecule has 0 aliphatic heterocycles. The van der Waals surface area contributed by atoms with Crippen LogP contribution in [0.15, 0.2) is 97.1 Å². The Morgan fingerprint density at radius 2 is 0.979 bits per heavy atom. The first-order valence-electron chi connectivity index (χ1n) is 17.4. The summed E-state index contributed by atoms with van der Waals surface area (Å²) in [6.07, 6.45) is 16.1. The fourth-order valence-corrected chi connectivity index (χ4v) is 31.8. The fraction of sp³-hybridized carbons (Fsp3) is 0.273. The van der Waals surface area contributed by atoms with Crippen LogP contribution in [0.1, 0.15) is 89.6 Å². The van der Waals surface area contributed by atoms with Gasteiger partial charge in [-0.05, 0) is 0 Å². The summed E-state index contributed by atoms with van der Waals surface area (Å²) in [5, 5.41) is 0. The van der Waals surface area contributed by atoms with Gasteiger partial charge in [0.05, 0.1) is 0 Å². The van der Waals surface area contributed by atoms with Crippen molar-refractivity contribution in [2.45, 2.75) is 69.9 Å². The van der Waals surface area contributed by atoms with Gasteiger partial charge < -0.3 is 0 Å². The van der Waals surface area contributed by atoms with Gasteiger partial charge in [0.15, 0.2) is 0 Å². The van der Waals surface area contributed by atoms with Crippen molar-refractivity contribution >= 4 is 42.8 Å². The van der Waals surface area contributed by atoms with Gasteiger partial charge in [0.25, 0.3) is 0 Å². The van der Waals surface area contributed by atoms with Gasteiger partial charge in [0, 0.05) is 0 Å². The van der Waals surface area contributed by atoms with Crippen LogP contribution in [-0.2, 0) is 17.4 Å². The maximum absolute atomic E-state index is 4.08. The molecule has 2 unspecified atom stereocenters. The van der Waals surface area contributed by atoms with Crippen molar-refractivity contribution < 1.29 is 17.4 Å². The van der Waals surface area contributed by atoms with Crippen LogP contribution in [0.5, 0.6) is 0 Å². The molecule has 0 saturated carbocycles. The first-order valence-corrected chi connectivity index (χ1v) is 29.7. The monoisotopic (exact) mass is 764 g/mol. The van der Waals surface area contributed by atoms with E-state index in [4.69, 9.17) is 0 Å². The Morgan fingerprint density at radius 3 is 1.33 bits per heavy atom. The molecule has 0 heterocycles. The maximum Gasteiger partial charge on any atom is -0.147 e. The summed E-state index contributed by atoms with van der Waals surface area (Å²) in [7, 11) is 0. The second-order valence-corrected chi connectivity index (χ2v) is 42.6. The van der Waals surface area contributed by atoms with Gasteiger partial charge in [0.1, 0.15) is 0 Å². The molecule has 0 nitrogen and oxygen atoms in total. The molecule has 4 aromatic carbocycles. The Hall–Kier alpha value is -2.48. The van der Waals surface area contributed by atoms with E-state index in [1.165, 1.54) is 63.9 Å². The van der Waals surface area contributed by atoms with Crippen LogP contribution in [0.25, 0.3) is 33.4 Å². The van der Waals surface area contributed by atoms with Gasteiger partial charge in [-0.3, -0.25) is 0 Å². The summed E-state index contributed by atoms with van der Waals surface area (Å²) in [5.74, 6) is 0. The largest absolute Gasteiger partial charge is 0.147 e. The van der Waals surface area contributed by atoms with Crippen LogP contribution in [0, 0.1) is 27.7 Å². The van der Waals surface area contributed by atoms with Crippen molar-refractivity contribution in [3.8, 4) is 22.3 Å². The zero-order valence-corrected chi connectivity index (χ0v) is 34.7. The average Bonchev–Trinajstić information content (AvgIpc) is 3.86. The first kappa shape index (κ1) is 35.3. The molecule has 4 aliphatic carbocycles. The summed E-state index contributed by atoms with van der Waals surface area (Å²) in [5.41, 5.74) is 24.3. The summed E-state index contributed by atoms with van der Waals surface area (Å²) in [4.78, 5) is 0. The third-order valence-corrected chi connectivity index (χ3v) is 42.9. The van der Waals surface area contributed by atoms with Crippen LogP contribution in [0.3, 0.4) is 0 Å². The molecule has 0 spiro atoms. The van der Waals surface area contributed by atoms with Crippen molar-refractivity contribution in [1.29, 1.82) is 0 Å². The Balaban J connectivity index is 0.00000201. The van der Waals surface area contributed by atoms with E-state index < -0.39 is 17.4 Å². The molecule has 0 saturated heterocycles. The molecule has 8 rings (SSSR count). The number of halogens is 2. The zero-order chi connectivity index (χ0) is 32.0. The number of aryl methyl sites for hydroxylation is 4. The molecule has 4 aromatic rings. The Bertz CT molecular complexity index is 2040. The predicted molar refractivity (Wildman–Crippen MR) is 214 cm³/mol. The van der Waals surface area contributed by atoms with Crippen LogP contribution in [-0.4, -0.2) is 6.88 Å². The van der Waals surface area contributed by atoms with E-state index in [0.717, 1.165) is 12.8 Å². The van der Waals surface area contributed by atoms with Crippen LogP contribution < -0.4 is 0 Å². The number of allylic oxidation sites excluding steroid dienone is 8. The second-order valence-electron chi connectivity index (χ2n) is 15.0. The molecule has 0 N–H and O–H groups in total. The van der Waals surface area contributed by atoms with E-state index in [1.54, 1.807) is 33.4 Å². The zero-order valence-electron chi connectivity index (χ0n) is 29.2. The summed E-state index contributed by atoms with van der Waals surface area (Å²) < 4.78 is 3.51. The second kappa shape index (κ2) is 12.7. The van der Waals surface area contributed by atoms with Crippen molar-refractivity contribution in [2.75, 3.05) is 0 Å². The SMILES string of the molecule is C[CH2][Zr](=[SiH2])([CH2]C)([CH]1c2cc(C)ccc2-c2ccc(C)c(C3=CC=CC3)c21)[CH]1c2cc(C)ccc2-c2ccc(C)c(C3=CC=CC3)c21.Cl.Cl. The fourth-order valence-electron chi connectivity index (χ4n) is 10.1. The van der Waals surface area contributed by atoms with Gasteiger partial charge in [-0.2, -0.15) is 0 Å². The molecule has 4 aliphatic rings. The minimum Gasteiger partial charge on any atom is -0.147 e. The molecule has 0 aromatic heterocycles. The third-order valence-electron chi connectivity index (χ3n) is 12.7. The van der Waals surface area contributed by atoms with Crippen LogP contribution in [0.2, 0.25) is 8.26 Å². The number of hydrogen-bond acceptors (Lipinski definition) is 0. The molecule has 0 amide bonds. The van der Waals surface area contributed by atoms with Gasteiger partial charge in [-0.25, -0.2) is 0 Å². The molecule has 2 atom stereocenters. The molecule has 0 fully saturated rings. The molecule has 0 bridgehead atoms. The van der Waals surface area contributed by atoms with Crippen molar-refractivity contribution in [2.24, 2.45) is 0 Å².